The summed E-state index contributed by atoms with van der Waals surface area (Å²) in [6, 6.07) is 8.14. The molecule has 0 N–H and O–H groups in total. The van der Waals surface area contributed by atoms with Crippen LogP contribution in [0.15, 0.2) is 35.1 Å². The van der Waals surface area contributed by atoms with Gasteiger partial charge in [0, 0.05) is 25.9 Å². The van der Waals surface area contributed by atoms with Crippen molar-refractivity contribution >= 4 is 11.6 Å². The summed E-state index contributed by atoms with van der Waals surface area (Å²) in [4.78, 5) is 14.8. The zero-order chi connectivity index (χ0) is 16.2. The van der Waals surface area contributed by atoms with Gasteiger partial charge in [0.25, 0.3) is 5.91 Å². The van der Waals surface area contributed by atoms with Crippen molar-refractivity contribution < 1.29 is 14.1 Å². The van der Waals surface area contributed by atoms with E-state index in [2.05, 4.69) is 11.2 Å². The number of amides is 1. The summed E-state index contributed by atoms with van der Waals surface area (Å²) in [6.07, 6.45) is 4.06. The number of para-hydroxylation sites is 1. The lowest BCUT2D eigenvalue weighted by molar-refractivity contribution is 0.0982. The molecule has 122 valence electrons. The molecule has 23 heavy (non-hydrogen) atoms. The Kier molecular flexibility index (Phi) is 4.76. The number of methoxy groups -OCH3 is 1. The number of carbonyl (C=O) groups excluding carboxylic acids is 1. The Morgan fingerprint density at radius 2 is 2.26 bits per heavy atom. The Morgan fingerprint density at radius 1 is 1.43 bits per heavy atom. The second kappa shape index (κ2) is 6.96. The van der Waals surface area contributed by atoms with E-state index in [0.717, 1.165) is 25.1 Å². The minimum atomic E-state index is -0.0271. The van der Waals surface area contributed by atoms with Crippen LogP contribution in [-0.2, 0) is 11.2 Å². The van der Waals surface area contributed by atoms with Crippen LogP contribution in [-0.4, -0.2) is 31.3 Å². The first kappa shape index (κ1) is 15.7. The van der Waals surface area contributed by atoms with Gasteiger partial charge in [0.1, 0.15) is 11.8 Å². The van der Waals surface area contributed by atoms with E-state index in [1.807, 2.05) is 30.0 Å². The summed E-state index contributed by atoms with van der Waals surface area (Å²) in [5.74, 6) is 0.407. The van der Waals surface area contributed by atoms with Gasteiger partial charge in [0.15, 0.2) is 0 Å². The van der Waals surface area contributed by atoms with Crippen LogP contribution >= 0.6 is 0 Å². The first-order chi connectivity index (χ1) is 11.3. The molecule has 5 heteroatoms. The quantitative estimate of drug-likeness (QED) is 0.848. The molecule has 0 saturated heterocycles. The van der Waals surface area contributed by atoms with Gasteiger partial charge < -0.3 is 14.2 Å². The highest BCUT2D eigenvalue weighted by Gasteiger charge is 2.30. The van der Waals surface area contributed by atoms with Gasteiger partial charge >= 0.3 is 0 Å². The van der Waals surface area contributed by atoms with Gasteiger partial charge in [-0.25, -0.2) is 0 Å². The van der Waals surface area contributed by atoms with Gasteiger partial charge in [-0.1, -0.05) is 30.3 Å². The molecule has 0 spiro atoms. The van der Waals surface area contributed by atoms with E-state index in [1.165, 1.54) is 11.8 Å². The van der Waals surface area contributed by atoms with E-state index < -0.39 is 0 Å². The van der Waals surface area contributed by atoms with Crippen molar-refractivity contribution in [1.29, 1.82) is 0 Å². The number of anilines is 1. The lowest BCUT2D eigenvalue weighted by Gasteiger charge is -2.34. The molecule has 2 heterocycles. The van der Waals surface area contributed by atoms with Crippen LogP contribution in [0.3, 0.4) is 0 Å². The Morgan fingerprint density at radius 3 is 3.04 bits per heavy atom. The Hall–Kier alpha value is -2.14. The molecule has 0 fully saturated rings. The summed E-state index contributed by atoms with van der Waals surface area (Å²) in [6.45, 7) is 3.41. The van der Waals surface area contributed by atoms with Crippen LogP contribution in [0.1, 0.15) is 47.3 Å². The fourth-order valence-electron chi connectivity index (χ4n) is 3.24. The lowest BCUT2D eigenvalue weighted by Crippen LogP contribution is -2.37. The predicted molar refractivity (Wildman–Crippen MR) is 87.9 cm³/mol. The first-order valence-corrected chi connectivity index (χ1v) is 8.09. The van der Waals surface area contributed by atoms with Crippen molar-refractivity contribution in [2.75, 3.05) is 25.2 Å². The van der Waals surface area contributed by atoms with Crippen molar-refractivity contribution in [3.05, 3.63) is 47.3 Å². The fourth-order valence-corrected chi connectivity index (χ4v) is 3.24. The van der Waals surface area contributed by atoms with Gasteiger partial charge in [-0.3, -0.25) is 4.79 Å². The molecule has 0 aliphatic carbocycles. The number of rotatable bonds is 5. The number of nitrogens with zero attached hydrogens (tertiary/aromatic N) is 2. The van der Waals surface area contributed by atoms with Gasteiger partial charge in [0.05, 0.1) is 5.69 Å². The second-order valence-corrected chi connectivity index (χ2v) is 5.81. The molecule has 1 amide bonds. The van der Waals surface area contributed by atoms with Crippen molar-refractivity contribution in [3.63, 3.8) is 0 Å². The number of aryl methyl sites for hydroxylation is 1. The van der Waals surface area contributed by atoms with Gasteiger partial charge in [-0.15, -0.1) is 0 Å². The molecule has 2 aromatic rings. The molecule has 0 bridgehead atoms. The maximum absolute atomic E-state index is 12.9. The van der Waals surface area contributed by atoms with Crippen molar-refractivity contribution in [2.45, 2.75) is 32.1 Å². The smallest absolute Gasteiger partial charge is 0.263 e. The van der Waals surface area contributed by atoms with E-state index in [-0.39, 0.29) is 5.91 Å². The summed E-state index contributed by atoms with van der Waals surface area (Å²) >= 11 is 0. The van der Waals surface area contributed by atoms with Crippen LogP contribution in [0.25, 0.3) is 0 Å². The topological polar surface area (TPSA) is 55.6 Å². The molecule has 1 aromatic heterocycles. The highest BCUT2D eigenvalue weighted by Crippen LogP contribution is 2.37. The number of fused-ring (bicyclic) bond motifs is 1. The van der Waals surface area contributed by atoms with Crippen LogP contribution in [0.2, 0.25) is 0 Å². The monoisotopic (exact) mass is 314 g/mol. The Balaban J connectivity index is 1.91. The molecule has 1 atom stereocenters. The second-order valence-electron chi connectivity index (χ2n) is 5.81. The minimum Gasteiger partial charge on any atom is -0.385 e. The summed E-state index contributed by atoms with van der Waals surface area (Å²) < 4.78 is 10.2. The normalized spacial score (nSPS) is 17.1. The molecule has 5 nitrogen and oxygen atoms in total. The number of aromatic nitrogens is 1. The summed E-state index contributed by atoms with van der Waals surface area (Å²) in [7, 11) is 1.72. The SMILES string of the molecule is CCc1nocc1C(=O)N1CCC(CCOC)c2ccccc21. The zero-order valence-electron chi connectivity index (χ0n) is 13.6. The molecule has 0 radical (unpaired) electrons. The molecule has 1 aromatic carbocycles. The van der Waals surface area contributed by atoms with Gasteiger partial charge in [-0.05, 0) is 36.8 Å². The molecular weight excluding hydrogens is 292 g/mol. The first-order valence-electron chi connectivity index (χ1n) is 8.09. The van der Waals surface area contributed by atoms with Gasteiger partial charge in [0.2, 0.25) is 0 Å². The van der Waals surface area contributed by atoms with E-state index in [0.29, 0.717) is 30.1 Å². The van der Waals surface area contributed by atoms with Gasteiger partial charge in [-0.2, -0.15) is 0 Å². The number of hydrogen-bond donors (Lipinski definition) is 0. The van der Waals surface area contributed by atoms with Crippen molar-refractivity contribution in [3.8, 4) is 0 Å². The lowest BCUT2D eigenvalue weighted by atomic mass is 9.87. The average Bonchev–Trinajstić information content (AvgIpc) is 3.07. The van der Waals surface area contributed by atoms with Crippen LogP contribution in [0.5, 0.6) is 0 Å². The molecule has 3 rings (SSSR count). The Bertz CT molecular complexity index is 680. The third-order valence-electron chi connectivity index (χ3n) is 4.49. The third kappa shape index (κ3) is 3.01. The predicted octanol–water partition coefficient (Wildman–Crippen LogP) is 3.41. The highest BCUT2D eigenvalue weighted by molar-refractivity contribution is 6.07. The maximum Gasteiger partial charge on any atom is 0.263 e. The summed E-state index contributed by atoms with van der Waals surface area (Å²) in [5.41, 5.74) is 3.50. The van der Waals surface area contributed by atoms with Crippen LogP contribution < -0.4 is 4.90 Å². The average molecular weight is 314 g/mol. The maximum atomic E-state index is 12.9. The standard InChI is InChI=1S/C18H22N2O3/c1-3-16-15(12-23-19-16)18(21)20-10-8-13(9-11-22-2)14-6-4-5-7-17(14)20/h4-7,12-13H,3,8-11H2,1-2H3. The molecule has 0 saturated carbocycles. The molecule has 1 aliphatic heterocycles. The highest BCUT2D eigenvalue weighted by atomic mass is 16.5. The zero-order valence-corrected chi connectivity index (χ0v) is 13.6. The minimum absolute atomic E-state index is 0.0271. The third-order valence-corrected chi connectivity index (χ3v) is 4.49. The molecular formula is C18H22N2O3. The summed E-state index contributed by atoms with van der Waals surface area (Å²) in [5, 5.41) is 3.92. The van der Waals surface area contributed by atoms with E-state index in [1.54, 1.807) is 7.11 Å². The van der Waals surface area contributed by atoms with Crippen LogP contribution in [0.4, 0.5) is 5.69 Å². The molecule has 1 aliphatic rings. The number of benzene rings is 1. The van der Waals surface area contributed by atoms with Crippen molar-refractivity contribution in [1.82, 2.24) is 5.16 Å². The number of hydrogen-bond acceptors (Lipinski definition) is 4. The number of ether oxygens (including phenoxy) is 1. The van der Waals surface area contributed by atoms with E-state index >= 15 is 0 Å². The van der Waals surface area contributed by atoms with Crippen molar-refractivity contribution in [2.24, 2.45) is 0 Å². The van der Waals surface area contributed by atoms with E-state index in [4.69, 9.17) is 9.26 Å². The largest absolute Gasteiger partial charge is 0.385 e. The fraction of sp³-hybridized carbons (Fsp3) is 0.444. The Labute approximate surface area is 136 Å². The molecule has 1 unspecified atom stereocenters. The number of carbonyl (C=O) groups is 1. The van der Waals surface area contributed by atoms with E-state index in [9.17, 15) is 4.79 Å². The van der Waals surface area contributed by atoms with Crippen LogP contribution in [0, 0.1) is 0 Å².